The molecule has 5 heteroatoms. The molecule has 19 heavy (non-hydrogen) atoms. The number of nitrogens with zero attached hydrogens (tertiary/aromatic N) is 1. The molecule has 5 nitrogen and oxygen atoms in total. The van der Waals surface area contributed by atoms with Crippen LogP contribution in [0.15, 0.2) is 18.2 Å². The Balaban J connectivity index is 2.14. The summed E-state index contributed by atoms with van der Waals surface area (Å²) in [6.07, 6.45) is 1.30. The minimum atomic E-state index is -1.01. The molecule has 2 N–H and O–H groups in total. The number of carbonyl (C=O) groups is 2. The average Bonchev–Trinajstić information content (AvgIpc) is 2.69. The van der Waals surface area contributed by atoms with E-state index in [1.54, 1.807) is 0 Å². The van der Waals surface area contributed by atoms with Gasteiger partial charge in [0.2, 0.25) is 5.91 Å². The SMILES string of the molecule is CC(=O)NC(Cc1ccc2c(c1)CCN2C)C(=O)O. The molecule has 0 bridgehead atoms. The third kappa shape index (κ3) is 3.05. The Kier molecular flexibility index (Phi) is 3.74. The summed E-state index contributed by atoms with van der Waals surface area (Å²) in [5.41, 5.74) is 3.39. The number of hydrogen-bond donors (Lipinski definition) is 2. The van der Waals surface area contributed by atoms with E-state index in [1.165, 1.54) is 18.2 Å². The molecule has 0 saturated carbocycles. The van der Waals surface area contributed by atoms with Crippen LogP contribution >= 0.6 is 0 Å². The maximum Gasteiger partial charge on any atom is 0.326 e. The largest absolute Gasteiger partial charge is 0.480 e. The second-order valence-electron chi connectivity index (χ2n) is 4.93. The fourth-order valence-corrected chi connectivity index (χ4v) is 2.43. The zero-order valence-electron chi connectivity index (χ0n) is 11.1. The molecule has 0 fully saturated rings. The number of nitrogens with one attached hydrogen (secondary N) is 1. The lowest BCUT2D eigenvalue weighted by Crippen LogP contribution is -2.41. The van der Waals surface area contributed by atoms with Crippen LogP contribution in [-0.4, -0.2) is 36.6 Å². The van der Waals surface area contributed by atoms with Gasteiger partial charge < -0.3 is 15.3 Å². The normalized spacial score (nSPS) is 14.9. The number of anilines is 1. The van der Waals surface area contributed by atoms with Crippen molar-refractivity contribution in [1.82, 2.24) is 5.32 Å². The molecule has 0 aliphatic carbocycles. The topological polar surface area (TPSA) is 69.6 Å². The van der Waals surface area contributed by atoms with Gasteiger partial charge in [0.25, 0.3) is 0 Å². The first kappa shape index (κ1) is 13.4. The van der Waals surface area contributed by atoms with Gasteiger partial charge in [-0.3, -0.25) is 4.79 Å². The predicted molar refractivity (Wildman–Crippen MR) is 72.4 cm³/mol. The Bertz CT molecular complexity index is 513. The average molecular weight is 262 g/mol. The molecule has 0 spiro atoms. The number of amides is 1. The lowest BCUT2D eigenvalue weighted by molar-refractivity contribution is -0.141. The van der Waals surface area contributed by atoms with E-state index in [0.29, 0.717) is 6.42 Å². The summed E-state index contributed by atoms with van der Waals surface area (Å²) in [5, 5.41) is 11.6. The van der Waals surface area contributed by atoms with E-state index in [0.717, 1.165) is 18.5 Å². The number of carboxylic acid groups (broad SMARTS) is 1. The van der Waals surface area contributed by atoms with Crippen LogP contribution in [0.4, 0.5) is 5.69 Å². The van der Waals surface area contributed by atoms with Crippen molar-refractivity contribution in [2.45, 2.75) is 25.8 Å². The van der Waals surface area contributed by atoms with Gasteiger partial charge in [-0.25, -0.2) is 4.79 Å². The molecular weight excluding hydrogens is 244 g/mol. The fraction of sp³-hybridized carbons (Fsp3) is 0.429. The minimum absolute atomic E-state index is 0.311. The van der Waals surface area contributed by atoms with Crippen molar-refractivity contribution in [3.8, 4) is 0 Å². The molecule has 1 amide bonds. The van der Waals surface area contributed by atoms with E-state index in [4.69, 9.17) is 5.11 Å². The fourth-order valence-electron chi connectivity index (χ4n) is 2.43. The number of carbonyl (C=O) groups excluding carboxylic acids is 1. The third-order valence-electron chi connectivity index (χ3n) is 3.39. The Hall–Kier alpha value is -2.04. The molecule has 0 saturated heterocycles. The number of benzene rings is 1. The summed E-state index contributed by atoms with van der Waals surface area (Å²) in [4.78, 5) is 24.3. The van der Waals surface area contributed by atoms with Crippen LogP contribution in [0.5, 0.6) is 0 Å². The molecule has 0 aromatic heterocycles. The molecule has 102 valence electrons. The second kappa shape index (κ2) is 5.30. The molecule has 1 unspecified atom stereocenters. The quantitative estimate of drug-likeness (QED) is 0.842. The summed E-state index contributed by atoms with van der Waals surface area (Å²) >= 11 is 0. The lowest BCUT2D eigenvalue weighted by Gasteiger charge is -2.15. The van der Waals surface area contributed by atoms with Gasteiger partial charge in [-0.15, -0.1) is 0 Å². The van der Waals surface area contributed by atoms with E-state index in [-0.39, 0.29) is 5.91 Å². The monoisotopic (exact) mass is 262 g/mol. The summed E-state index contributed by atoms with van der Waals surface area (Å²) in [7, 11) is 2.04. The zero-order valence-corrected chi connectivity index (χ0v) is 11.1. The van der Waals surface area contributed by atoms with Crippen molar-refractivity contribution in [3.05, 3.63) is 29.3 Å². The van der Waals surface area contributed by atoms with Gasteiger partial charge in [-0.05, 0) is 23.6 Å². The molecule has 1 aliphatic rings. The van der Waals surface area contributed by atoms with Gasteiger partial charge in [0.15, 0.2) is 0 Å². The van der Waals surface area contributed by atoms with Crippen molar-refractivity contribution < 1.29 is 14.7 Å². The highest BCUT2D eigenvalue weighted by molar-refractivity contribution is 5.82. The van der Waals surface area contributed by atoms with Crippen molar-refractivity contribution in [1.29, 1.82) is 0 Å². The van der Waals surface area contributed by atoms with Gasteiger partial charge >= 0.3 is 5.97 Å². The summed E-state index contributed by atoms with van der Waals surface area (Å²) in [6.45, 7) is 2.32. The second-order valence-corrected chi connectivity index (χ2v) is 4.93. The molecular formula is C14H18N2O3. The summed E-state index contributed by atoms with van der Waals surface area (Å²) in [6, 6.07) is 5.12. The van der Waals surface area contributed by atoms with E-state index >= 15 is 0 Å². The number of likely N-dealkylation sites (N-methyl/N-ethyl adjacent to an activating group) is 1. The summed E-state index contributed by atoms with van der Waals surface area (Å²) in [5.74, 6) is -1.33. The van der Waals surface area contributed by atoms with Crippen LogP contribution in [0.3, 0.4) is 0 Å². The van der Waals surface area contributed by atoms with Crippen molar-refractivity contribution in [2.75, 3.05) is 18.5 Å². The first-order valence-electron chi connectivity index (χ1n) is 6.30. The smallest absolute Gasteiger partial charge is 0.326 e. The Morgan fingerprint density at radius 3 is 2.84 bits per heavy atom. The summed E-state index contributed by atoms with van der Waals surface area (Å²) < 4.78 is 0. The highest BCUT2D eigenvalue weighted by Crippen LogP contribution is 2.27. The predicted octanol–water partition coefficient (Wildman–Crippen LogP) is 0.811. The first-order valence-corrected chi connectivity index (χ1v) is 6.30. The maximum absolute atomic E-state index is 11.1. The minimum Gasteiger partial charge on any atom is -0.480 e. The van der Waals surface area contributed by atoms with E-state index in [2.05, 4.69) is 10.2 Å². The van der Waals surface area contributed by atoms with Gasteiger partial charge in [0.05, 0.1) is 0 Å². The standard InChI is InChI=1S/C14H18N2O3/c1-9(17)15-12(14(18)19)8-10-3-4-13-11(7-10)5-6-16(13)2/h3-4,7,12H,5-6,8H2,1-2H3,(H,15,17)(H,18,19). The highest BCUT2D eigenvalue weighted by Gasteiger charge is 2.21. The maximum atomic E-state index is 11.1. The van der Waals surface area contributed by atoms with E-state index in [9.17, 15) is 9.59 Å². The number of rotatable bonds is 4. The van der Waals surface area contributed by atoms with Crippen LogP contribution in [0.2, 0.25) is 0 Å². The Morgan fingerprint density at radius 1 is 1.47 bits per heavy atom. The van der Waals surface area contributed by atoms with Crippen LogP contribution < -0.4 is 10.2 Å². The van der Waals surface area contributed by atoms with Gasteiger partial charge in [0, 0.05) is 32.6 Å². The molecule has 0 radical (unpaired) electrons. The van der Waals surface area contributed by atoms with E-state index in [1.807, 2.05) is 25.2 Å². The lowest BCUT2D eigenvalue weighted by atomic mass is 10.0. The van der Waals surface area contributed by atoms with Crippen LogP contribution in [0.25, 0.3) is 0 Å². The Morgan fingerprint density at radius 2 is 2.21 bits per heavy atom. The van der Waals surface area contributed by atoms with Crippen molar-refractivity contribution in [3.63, 3.8) is 0 Å². The number of fused-ring (bicyclic) bond motifs is 1. The molecule has 1 atom stereocenters. The first-order chi connectivity index (χ1) is 8.97. The van der Waals surface area contributed by atoms with Crippen molar-refractivity contribution >= 4 is 17.6 Å². The van der Waals surface area contributed by atoms with Gasteiger partial charge in [-0.2, -0.15) is 0 Å². The van der Waals surface area contributed by atoms with Crippen LogP contribution in [-0.2, 0) is 22.4 Å². The molecule has 1 heterocycles. The van der Waals surface area contributed by atoms with E-state index < -0.39 is 12.0 Å². The van der Waals surface area contributed by atoms with Crippen LogP contribution in [0, 0.1) is 0 Å². The number of carboxylic acids is 1. The van der Waals surface area contributed by atoms with Crippen molar-refractivity contribution in [2.24, 2.45) is 0 Å². The molecule has 2 rings (SSSR count). The Labute approximate surface area is 112 Å². The number of hydrogen-bond acceptors (Lipinski definition) is 3. The van der Waals surface area contributed by atoms with Gasteiger partial charge in [-0.1, -0.05) is 12.1 Å². The molecule has 1 aromatic carbocycles. The van der Waals surface area contributed by atoms with Crippen LogP contribution in [0.1, 0.15) is 18.1 Å². The highest BCUT2D eigenvalue weighted by atomic mass is 16.4. The zero-order chi connectivity index (χ0) is 14.0. The molecule has 1 aliphatic heterocycles. The number of aliphatic carboxylic acids is 1. The third-order valence-corrected chi connectivity index (χ3v) is 3.39. The van der Waals surface area contributed by atoms with Gasteiger partial charge in [0.1, 0.15) is 6.04 Å². The molecule has 1 aromatic rings.